The average molecular weight is 267 g/mol. The Morgan fingerprint density at radius 3 is 2.95 bits per heavy atom. The van der Waals surface area contributed by atoms with Crippen molar-refractivity contribution in [2.75, 3.05) is 5.73 Å². The van der Waals surface area contributed by atoms with E-state index < -0.39 is 5.97 Å². The molecule has 0 aliphatic carbocycles. The largest absolute Gasteiger partial charge is 0.457 e. The number of rotatable bonds is 3. The van der Waals surface area contributed by atoms with Crippen LogP contribution < -0.4 is 5.73 Å². The van der Waals surface area contributed by atoms with Crippen molar-refractivity contribution in [3.63, 3.8) is 0 Å². The minimum atomic E-state index is -0.449. The topological polar surface area (TPSA) is 89.0 Å². The number of hydrogen-bond acceptors (Lipinski definition) is 5. The van der Waals surface area contributed by atoms with Crippen LogP contribution in [-0.2, 0) is 11.3 Å². The van der Waals surface area contributed by atoms with E-state index in [1.54, 1.807) is 37.3 Å². The van der Waals surface area contributed by atoms with Crippen LogP contribution >= 0.6 is 0 Å². The third-order valence-electron chi connectivity index (χ3n) is 2.83. The lowest BCUT2D eigenvalue weighted by Gasteiger charge is -2.08. The van der Waals surface area contributed by atoms with Gasteiger partial charge >= 0.3 is 5.97 Å². The van der Waals surface area contributed by atoms with Gasteiger partial charge in [-0.25, -0.2) is 9.78 Å². The molecule has 2 N–H and O–H groups in total. The number of anilines is 1. The minimum Gasteiger partial charge on any atom is -0.457 e. The van der Waals surface area contributed by atoms with E-state index in [4.69, 9.17) is 15.7 Å². The number of aromatic nitrogens is 1. The van der Waals surface area contributed by atoms with E-state index in [2.05, 4.69) is 4.98 Å². The highest BCUT2D eigenvalue weighted by Gasteiger charge is 2.12. The molecule has 0 saturated carbocycles. The maximum Gasteiger partial charge on any atom is 0.338 e. The van der Waals surface area contributed by atoms with Crippen LogP contribution in [0.1, 0.15) is 27.2 Å². The smallest absolute Gasteiger partial charge is 0.338 e. The lowest BCUT2D eigenvalue weighted by molar-refractivity contribution is 0.0471. The SMILES string of the molecule is Cc1cc(N)ccc1C(=O)OCc1cccnc1C#N. The van der Waals surface area contributed by atoms with Crippen LogP contribution in [0, 0.1) is 18.3 Å². The fraction of sp³-hybridized carbons (Fsp3) is 0.133. The summed E-state index contributed by atoms with van der Waals surface area (Å²) in [5.74, 6) is -0.449. The van der Waals surface area contributed by atoms with Gasteiger partial charge in [-0.15, -0.1) is 0 Å². The number of hydrogen-bond donors (Lipinski definition) is 1. The summed E-state index contributed by atoms with van der Waals surface area (Å²) >= 11 is 0. The second kappa shape index (κ2) is 5.85. The Bertz CT molecular complexity index is 690. The number of carbonyl (C=O) groups excluding carboxylic acids is 1. The van der Waals surface area contributed by atoms with Gasteiger partial charge in [-0.2, -0.15) is 5.26 Å². The molecule has 1 aromatic heterocycles. The zero-order valence-corrected chi connectivity index (χ0v) is 11.0. The van der Waals surface area contributed by atoms with Gasteiger partial charge in [0.05, 0.1) is 5.56 Å². The minimum absolute atomic E-state index is 0.0133. The predicted molar refractivity (Wildman–Crippen MR) is 73.7 cm³/mol. The summed E-state index contributed by atoms with van der Waals surface area (Å²) in [6, 6.07) is 10.3. The highest BCUT2D eigenvalue weighted by Crippen LogP contribution is 2.15. The molecule has 0 bridgehead atoms. The second-order valence-corrected chi connectivity index (χ2v) is 4.27. The maximum absolute atomic E-state index is 12.0. The number of pyridine rings is 1. The molecule has 0 fully saturated rings. The highest BCUT2D eigenvalue weighted by atomic mass is 16.5. The van der Waals surface area contributed by atoms with E-state index in [0.717, 1.165) is 5.56 Å². The van der Waals surface area contributed by atoms with E-state index in [1.165, 1.54) is 6.20 Å². The third-order valence-corrected chi connectivity index (χ3v) is 2.83. The number of aryl methyl sites for hydroxylation is 1. The molecule has 20 heavy (non-hydrogen) atoms. The molecule has 2 rings (SSSR count). The first-order chi connectivity index (χ1) is 9.61. The van der Waals surface area contributed by atoms with Crippen LogP contribution in [0.25, 0.3) is 0 Å². The van der Waals surface area contributed by atoms with Gasteiger partial charge in [0, 0.05) is 17.4 Å². The fourth-order valence-corrected chi connectivity index (χ4v) is 1.79. The Morgan fingerprint density at radius 1 is 1.45 bits per heavy atom. The van der Waals surface area contributed by atoms with Crippen molar-refractivity contribution < 1.29 is 9.53 Å². The van der Waals surface area contributed by atoms with Crippen molar-refractivity contribution in [2.24, 2.45) is 0 Å². The number of nitrogens with zero attached hydrogens (tertiary/aromatic N) is 2. The van der Waals surface area contributed by atoms with Gasteiger partial charge in [0.2, 0.25) is 0 Å². The molecule has 5 nitrogen and oxygen atoms in total. The van der Waals surface area contributed by atoms with Gasteiger partial charge in [-0.3, -0.25) is 0 Å². The molecule has 0 atom stereocenters. The van der Waals surface area contributed by atoms with Gasteiger partial charge in [-0.1, -0.05) is 6.07 Å². The van der Waals surface area contributed by atoms with Crippen molar-refractivity contribution >= 4 is 11.7 Å². The second-order valence-electron chi connectivity index (χ2n) is 4.27. The molecule has 0 aliphatic rings. The number of benzene rings is 1. The molecule has 2 aromatic rings. The lowest BCUT2D eigenvalue weighted by atomic mass is 10.1. The Hall–Kier alpha value is -2.87. The van der Waals surface area contributed by atoms with Crippen LogP contribution in [0.3, 0.4) is 0 Å². The summed E-state index contributed by atoms with van der Waals surface area (Å²) in [6.07, 6.45) is 1.52. The summed E-state index contributed by atoms with van der Waals surface area (Å²) in [5.41, 5.74) is 8.28. The van der Waals surface area contributed by atoms with Crippen molar-refractivity contribution in [1.82, 2.24) is 4.98 Å². The summed E-state index contributed by atoms with van der Waals surface area (Å²) in [4.78, 5) is 15.9. The molecular formula is C15H13N3O2. The first-order valence-corrected chi connectivity index (χ1v) is 5.99. The van der Waals surface area contributed by atoms with Crippen molar-refractivity contribution in [3.8, 4) is 6.07 Å². The molecule has 0 unspecified atom stereocenters. The van der Waals surface area contributed by atoms with Crippen molar-refractivity contribution in [1.29, 1.82) is 5.26 Å². The standard InChI is InChI=1S/C15H13N3O2/c1-10-7-12(17)4-5-13(10)15(19)20-9-11-3-2-6-18-14(11)8-16/h2-7H,9,17H2,1H3. The molecule has 0 amide bonds. The monoisotopic (exact) mass is 267 g/mol. The molecule has 1 aromatic carbocycles. The molecule has 0 spiro atoms. The quantitative estimate of drug-likeness (QED) is 0.680. The van der Waals surface area contributed by atoms with E-state index in [0.29, 0.717) is 16.8 Å². The molecule has 0 saturated heterocycles. The summed E-state index contributed by atoms with van der Waals surface area (Å²) in [6.45, 7) is 1.80. The van der Waals surface area contributed by atoms with E-state index in [-0.39, 0.29) is 12.3 Å². The van der Waals surface area contributed by atoms with E-state index in [1.807, 2.05) is 6.07 Å². The van der Waals surface area contributed by atoms with Crippen LogP contribution in [0.2, 0.25) is 0 Å². The molecule has 1 heterocycles. The average Bonchev–Trinajstić information content (AvgIpc) is 2.45. The molecule has 100 valence electrons. The predicted octanol–water partition coefficient (Wildman–Crippen LogP) is 2.20. The normalized spacial score (nSPS) is 9.80. The molecule has 0 aliphatic heterocycles. The highest BCUT2D eigenvalue weighted by molar-refractivity contribution is 5.91. The van der Waals surface area contributed by atoms with Crippen LogP contribution in [0.5, 0.6) is 0 Å². The van der Waals surface area contributed by atoms with Gasteiger partial charge in [-0.05, 0) is 36.8 Å². The number of nitrogen functional groups attached to an aromatic ring is 1. The number of esters is 1. The van der Waals surface area contributed by atoms with E-state index in [9.17, 15) is 4.79 Å². The van der Waals surface area contributed by atoms with E-state index >= 15 is 0 Å². The summed E-state index contributed by atoms with van der Waals surface area (Å²) in [5, 5.41) is 8.91. The molecular weight excluding hydrogens is 254 g/mol. The zero-order valence-electron chi connectivity index (χ0n) is 11.0. The Kier molecular flexibility index (Phi) is 3.96. The summed E-state index contributed by atoms with van der Waals surface area (Å²) in [7, 11) is 0. The van der Waals surface area contributed by atoms with Crippen LogP contribution in [0.4, 0.5) is 5.69 Å². The Balaban J connectivity index is 2.11. The van der Waals surface area contributed by atoms with Gasteiger partial charge in [0.1, 0.15) is 18.4 Å². The first-order valence-electron chi connectivity index (χ1n) is 5.99. The summed E-state index contributed by atoms with van der Waals surface area (Å²) < 4.78 is 5.21. The first kappa shape index (κ1) is 13.6. The van der Waals surface area contributed by atoms with Gasteiger partial charge in [0.25, 0.3) is 0 Å². The number of nitrogens with two attached hydrogens (primary N) is 1. The van der Waals surface area contributed by atoms with Crippen molar-refractivity contribution in [2.45, 2.75) is 13.5 Å². The van der Waals surface area contributed by atoms with Gasteiger partial charge in [0.15, 0.2) is 0 Å². The number of nitriles is 1. The molecule has 0 radical (unpaired) electrons. The fourth-order valence-electron chi connectivity index (χ4n) is 1.79. The van der Waals surface area contributed by atoms with Crippen LogP contribution in [-0.4, -0.2) is 11.0 Å². The Morgan fingerprint density at radius 2 is 2.25 bits per heavy atom. The number of ether oxygens (including phenoxy) is 1. The maximum atomic E-state index is 12.0. The lowest BCUT2D eigenvalue weighted by Crippen LogP contribution is -2.08. The number of carbonyl (C=O) groups is 1. The zero-order chi connectivity index (χ0) is 14.5. The van der Waals surface area contributed by atoms with Crippen molar-refractivity contribution in [3.05, 3.63) is 58.9 Å². The van der Waals surface area contributed by atoms with Gasteiger partial charge < -0.3 is 10.5 Å². The molecule has 5 heteroatoms. The third kappa shape index (κ3) is 2.93. The Labute approximate surface area is 116 Å². The van der Waals surface area contributed by atoms with Crippen LogP contribution in [0.15, 0.2) is 36.5 Å².